The van der Waals surface area contributed by atoms with E-state index < -0.39 is 0 Å². The summed E-state index contributed by atoms with van der Waals surface area (Å²) in [6.45, 7) is 7.00. The fourth-order valence-electron chi connectivity index (χ4n) is 1.34. The predicted octanol–water partition coefficient (Wildman–Crippen LogP) is 2.39. The van der Waals surface area contributed by atoms with Crippen molar-refractivity contribution >= 4 is 0 Å². The zero-order valence-electron chi connectivity index (χ0n) is 10.0. The zero-order valence-corrected chi connectivity index (χ0v) is 10.0. The van der Waals surface area contributed by atoms with Crippen LogP contribution in [-0.2, 0) is 14.2 Å². The molecule has 1 unspecified atom stereocenters. The van der Waals surface area contributed by atoms with Crippen LogP contribution in [0.1, 0.15) is 39.5 Å². The van der Waals surface area contributed by atoms with Crippen LogP contribution in [0.2, 0.25) is 0 Å². The molecule has 0 aliphatic heterocycles. The van der Waals surface area contributed by atoms with E-state index in [0.717, 1.165) is 13.0 Å². The van der Waals surface area contributed by atoms with Gasteiger partial charge < -0.3 is 14.2 Å². The minimum Gasteiger partial charge on any atom is -0.377 e. The second kappa shape index (κ2) is 8.08. The van der Waals surface area contributed by atoms with Gasteiger partial charge in [-0.1, -0.05) is 6.92 Å². The molecule has 0 bridgehead atoms. The summed E-state index contributed by atoms with van der Waals surface area (Å²) < 4.78 is 16.4. The van der Waals surface area contributed by atoms with Crippen LogP contribution in [0.15, 0.2) is 0 Å². The lowest BCUT2D eigenvalue weighted by Gasteiger charge is -2.25. The van der Waals surface area contributed by atoms with E-state index in [1.165, 1.54) is 19.3 Å². The average molecular weight is 216 g/mol. The van der Waals surface area contributed by atoms with Gasteiger partial charge in [0.1, 0.15) is 0 Å². The molecule has 1 rings (SSSR count). The van der Waals surface area contributed by atoms with E-state index in [2.05, 4.69) is 13.8 Å². The highest BCUT2D eigenvalue weighted by Crippen LogP contribution is 2.21. The normalized spacial score (nSPS) is 18.8. The Balaban J connectivity index is 1.72. The highest BCUT2D eigenvalue weighted by atomic mass is 16.5. The molecule has 3 nitrogen and oxygen atoms in total. The van der Waals surface area contributed by atoms with Crippen LogP contribution in [0.3, 0.4) is 0 Å². The second-order valence-electron chi connectivity index (χ2n) is 4.13. The maximum absolute atomic E-state index is 5.56. The Morgan fingerprint density at radius 2 is 1.87 bits per heavy atom. The lowest BCUT2D eigenvalue weighted by molar-refractivity contribution is -0.0424. The van der Waals surface area contributed by atoms with Crippen molar-refractivity contribution in [3.8, 4) is 0 Å². The molecule has 0 spiro atoms. The van der Waals surface area contributed by atoms with E-state index in [-0.39, 0.29) is 0 Å². The van der Waals surface area contributed by atoms with Crippen LogP contribution in [0.5, 0.6) is 0 Å². The first-order valence-electron chi connectivity index (χ1n) is 6.14. The Morgan fingerprint density at radius 1 is 1.13 bits per heavy atom. The van der Waals surface area contributed by atoms with Crippen molar-refractivity contribution in [2.75, 3.05) is 26.4 Å². The van der Waals surface area contributed by atoms with Crippen LogP contribution >= 0.6 is 0 Å². The molecule has 1 atom stereocenters. The summed E-state index contributed by atoms with van der Waals surface area (Å²) in [5.74, 6) is 0. The Bertz CT molecular complexity index is 137. The summed E-state index contributed by atoms with van der Waals surface area (Å²) in [5, 5.41) is 0. The Kier molecular flexibility index (Phi) is 6.98. The lowest BCUT2D eigenvalue weighted by Crippen LogP contribution is -2.23. The fraction of sp³-hybridized carbons (Fsp3) is 1.00. The fourth-order valence-corrected chi connectivity index (χ4v) is 1.34. The van der Waals surface area contributed by atoms with Gasteiger partial charge >= 0.3 is 0 Å². The number of ether oxygens (including phenoxy) is 3. The molecular formula is C12H24O3. The van der Waals surface area contributed by atoms with Gasteiger partial charge in [-0.25, -0.2) is 0 Å². The molecule has 1 aliphatic carbocycles. The third-order valence-electron chi connectivity index (χ3n) is 2.84. The highest BCUT2D eigenvalue weighted by Gasteiger charge is 2.16. The third-order valence-corrected chi connectivity index (χ3v) is 2.84. The largest absolute Gasteiger partial charge is 0.377 e. The van der Waals surface area contributed by atoms with Crippen molar-refractivity contribution in [2.45, 2.75) is 51.7 Å². The molecule has 0 saturated heterocycles. The van der Waals surface area contributed by atoms with Gasteiger partial charge in [-0.2, -0.15) is 0 Å². The molecule has 0 aromatic heterocycles. The summed E-state index contributed by atoms with van der Waals surface area (Å²) in [4.78, 5) is 0. The van der Waals surface area contributed by atoms with Crippen molar-refractivity contribution in [1.29, 1.82) is 0 Å². The molecule has 0 N–H and O–H groups in total. The zero-order chi connectivity index (χ0) is 10.9. The molecule has 1 fully saturated rings. The van der Waals surface area contributed by atoms with Gasteiger partial charge in [0, 0.05) is 0 Å². The van der Waals surface area contributed by atoms with Crippen molar-refractivity contribution in [3.63, 3.8) is 0 Å². The molecule has 0 amide bonds. The summed E-state index contributed by atoms with van der Waals surface area (Å²) >= 11 is 0. The summed E-state index contributed by atoms with van der Waals surface area (Å²) in [5.41, 5.74) is 0. The number of hydrogen-bond donors (Lipinski definition) is 0. The predicted molar refractivity (Wildman–Crippen MR) is 60.1 cm³/mol. The van der Waals surface area contributed by atoms with Crippen LogP contribution in [0.4, 0.5) is 0 Å². The SMILES string of the molecule is CCC(C)OCCOCCOC1CCC1. The molecule has 3 heteroatoms. The van der Waals surface area contributed by atoms with Crippen molar-refractivity contribution in [2.24, 2.45) is 0 Å². The van der Waals surface area contributed by atoms with Gasteiger partial charge in [-0.3, -0.25) is 0 Å². The molecule has 15 heavy (non-hydrogen) atoms. The van der Waals surface area contributed by atoms with Gasteiger partial charge in [-0.05, 0) is 32.6 Å². The minimum atomic E-state index is 0.347. The first-order valence-corrected chi connectivity index (χ1v) is 6.14. The number of hydrogen-bond acceptors (Lipinski definition) is 3. The van der Waals surface area contributed by atoms with Gasteiger partial charge in [0.15, 0.2) is 0 Å². The van der Waals surface area contributed by atoms with Crippen molar-refractivity contribution in [3.05, 3.63) is 0 Å². The Labute approximate surface area is 93.1 Å². The van der Waals surface area contributed by atoms with E-state index in [1.807, 2.05) is 0 Å². The van der Waals surface area contributed by atoms with Crippen LogP contribution in [0, 0.1) is 0 Å². The molecular weight excluding hydrogens is 192 g/mol. The summed E-state index contributed by atoms with van der Waals surface area (Å²) in [6.07, 6.45) is 5.72. The Hall–Kier alpha value is -0.120. The lowest BCUT2D eigenvalue weighted by atomic mass is 9.96. The molecule has 90 valence electrons. The van der Waals surface area contributed by atoms with E-state index in [0.29, 0.717) is 32.0 Å². The monoisotopic (exact) mass is 216 g/mol. The van der Waals surface area contributed by atoms with Crippen LogP contribution < -0.4 is 0 Å². The molecule has 1 saturated carbocycles. The summed E-state index contributed by atoms with van der Waals surface area (Å²) in [6, 6.07) is 0. The molecule has 0 aromatic rings. The third kappa shape index (κ3) is 6.13. The van der Waals surface area contributed by atoms with E-state index in [4.69, 9.17) is 14.2 Å². The quantitative estimate of drug-likeness (QED) is 0.554. The van der Waals surface area contributed by atoms with E-state index >= 15 is 0 Å². The second-order valence-corrected chi connectivity index (χ2v) is 4.13. The van der Waals surface area contributed by atoms with E-state index in [9.17, 15) is 0 Å². The average Bonchev–Trinajstić information content (AvgIpc) is 2.19. The highest BCUT2D eigenvalue weighted by molar-refractivity contribution is 4.68. The van der Waals surface area contributed by atoms with Crippen LogP contribution in [0.25, 0.3) is 0 Å². The van der Waals surface area contributed by atoms with Gasteiger partial charge in [0.25, 0.3) is 0 Å². The first-order chi connectivity index (χ1) is 7.33. The Morgan fingerprint density at radius 3 is 2.47 bits per heavy atom. The molecule has 0 heterocycles. The van der Waals surface area contributed by atoms with Gasteiger partial charge in [0.2, 0.25) is 0 Å². The van der Waals surface area contributed by atoms with Gasteiger partial charge in [0.05, 0.1) is 38.6 Å². The topological polar surface area (TPSA) is 27.7 Å². The van der Waals surface area contributed by atoms with Crippen molar-refractivity contribution < 1.29 is 14.2 Å². The molecule has 1 aliphatic rings. The smallest absolute Gasteiger partial charge is 0.0704 e. The molecule has 0 radical (unpaired) electrons. The van der Waals surface area contributed by atoms with Gasteiger partial charge in [-0.15, -0.1) is 0 Å². The standard InChI is InChI=1S/C12H24O3/c1-3-11(2)14-9-7-13-8-10-15-12-5-4-6-12/h11-12H,3-10H2,1-2H3. The molecule has 0 aromatic carbocycles. The van der Waals surface area contributed by atoms with Crippen molar-refractivity contribution in [1.82, 2.24) is 0 Å². The maximum atomic E-state index is 5.56. The van der Waals surface area contributed by atoms with Crippen LogP contribution in [-0.4, -0.2) is 38.6 Å². The maximum Gasteiger partial charge on any atom is 0.0704 e. The van der Waals surface area contributed by atoms with E-state index in [1.54, 1.807) is 0 Å². The minimum absolute atomic E-state index is 0.347. The summed E-state index contributed by atoms with van der Waals surface area (Å²) in [7, 11) is 0. The number of rotatable bonds is 9. The first kappa shape index (κ1) is 12.9.